The summed E-state index contributed by atoms with van der Waals surface area (Å²) in [6.45, 7) is 14.8. The molecule has 53 heavy (non-hydrogen) atoms. The van der Waals surface area contributed by atoms with Gasteiger partial charge in [0.15, 0.2) is 0 Å². The fraction of sp³-hybridized carbons (Fsp3) is 0.974. The average molecular weight is 771 g/mol. The number of unbranched alkanes of at least 4 members (excludes halogenated alkanes) is 10. The highest BCUT2D eigenvalue weighted by Gasteiger charge is 2.00. The zero-order chi connectivity index (χ0) is 38.2. The van der Waals surface area contributed by atoms with Crippen LogP contribution < -0.4 is 0 Å². The summed E-state index contributed by atoms with van der Waals surface area (Å²) >= 11 is 0. The zero-order valence-electron chi connectivity index (χ0n) is 33.7. The van der Waals surface area contributed by atoms with Crippen LogP contribution in [-0.4, -0.2) is 172 Å². The van der Waals surface area contributed by atoms with E-state index >= 15 is 0 Å². The smallest absolute Gasteiger partial charge is 0.307 e. The summed E-state index contributed by atoms with van der Waals surface area (Å²) in [5.74, 6) is -0.284. The molecule has 0 spiro atoms. The Bertz CT molecular complexity index is 676. The Labute approximate surface area is 321 Å². The fourth-order valence-corrected chi connectivity index (χ4v) is 4.65. The molecule has 0 amide bonds. The van der Waals surface area contributed by atoms with Crippen molar-refractivity contribution in [1.82, 2.24) is 0 Å². The summed E-state index contributed by atoms with van der Waals surface area (Å²) < 4.78 is 70.3. The van der Waals surface area contributed by atoms with Crippen LogP contribution in [0.25, 0.3) is 0 Å². The van der Waals surface area contributed by atoms with Gasteiger partial charge < -0.3 is 61.6 Å². The van der Waals surface area contributed by atoms with Crippen LogP contribution >= 0.6 is 0 Å². The van der Waals surface area contributed by atoms with Gasteiger partial charge in [0, 0.05) is 6.61 Å². The minimum absolute atomic E-state index is 0.246. The fourth-order valence-electron chi connectivity index (χ4n) is 4.65. The molecule has 0 N–H and O–H groups in total. The first-order chi connectivity index (χ1) is 26.3. The van der Waals surface area contributed by atoms with Crippen molar-refractivity contribution < 1.29 is 66.4 Å². The zero-order valence-corrected chi connectivity index (χ0v) is 33.7. The first kappa shape index (κ1) is 52.0. The predicted octanol–water partition coefficient (Wildman–Crippen LogP) is 5.06. The molecule has 0 unspecified atom stereocenters. The number of carbonyl (C=O) groups excluding carboxylic acids is 1. The van der Waals surface area contributed by atoms with Gasteiger partial charge in [-0.2, -0.15) is 0 Å². The van der Waals surface area contributed by atoms with Crippen molar-refractivity contribution in [2.45, 2.75) is 84.0 Å². The van der Waals surface area contributed by atoms with Gasteiger partial charge in [-0.1, -0.05) is 71.1 Å². The molecule has 318 valence electrons. The molecule has 0 atom stereocenters. The Morgan fingerprint density at radius 2 is 0.491 bits per heavy atom. The molecule has 0 heterocycles. The van der Waals surface area contributed by atoms with E-state index in [4.69, 9.17) is 56.8 Å². The van der Waals surface area contributed by atoms with E-state index in [0.717, 1.165) is 13.0 Å². The van der Waals surface area contributed by atoms with Gasteiger partial charge in [-0.3, -0.25) is 4.79 Å². The maximum atomic E-state index is 10.9. The molecule has 0 aliphatic carbocycles. The van der Waals surface area contributed by atoms with Crippen molar-refractivity contribution in [3.63, 3.8) is 0 Å². The largest absolute Gasteiger partial charge is 0.469 e. The monoisotopic (exact) mass is 771 g/mol. The lowest BCUT2D eigenvalue weighted by atomic mass is 10.1. The molecule has 0 aliphatic heterocycles. The van der Waals surface area contributed by atoms with Gasteiger partial charge in [-0.05, 0) is 6.42 Å². The second-order valence-corrected chi connectivity index (χ2v) is 12.2. The molecular weight excluding hydrogens is 692 g/mol. The first-order valence-corrected chi connectivity index (χ1v) is 20.3. The van der Waals surface area contributed by atoms with E-state index < -0.39 is 0 Å². The van der Waals surface area contributed by atoms with Gasteiger partial charge >= 0.3 is 5.97 Å². The highest BCUT2D eigenvalue weighted by molar-refractivity contribution is 5.69. The molecular formula is C39H78O14. The van der Waals surface area contributed by atoms with Crippen LogP contribution in [-0.2, 0) is 66.4 Å². The SMILES string of the molecule is CCCCCCCCCCCCCOCCOCCOCCOCCOCCOCCOCCOCCOCCOCCOCCOCCC(=O)OC. The number of esters is 1. The topological polar surface area (TPSA) is 137 Å². The summed E-state index contributed by atoms with van der Waals surface area (Å²) in [5.41, 5.74) is 0. The second kappa shape index (κ2) is 49.0. The number of hydrogen-bond donors (Lipinski definition) is 0. The molecule has 0 rings (SSSR count). The summed E-state index contributed by atoms with van der Waals surface area (Å²) in [4.78, 5) is 10.9. The molecule has 0 aromatic carbocycles. The minimum atomic E-state index is -0.284. The van der Waals surface area contributed by atoms with Gasteiger partial charge in [-0.25, -0.2) is 0 Å². The van der Waals surface area contributed by atoms with Crippen molar-refractivity contribution in [2.75, 3.05) is 166 Å². The van der Waals surface area contributed by atoms with Crippen LogP contribution in [0.2, 0.25) is 0 Å². The van der Waals surface area contributed by atoms with Crippen molar-refractivity contribution in [2.24, 2.45) is 0 Å². The Kier molecular flexibility index (Phi) is 48.1. The van der Waals surface area contributed by atoms with Gasteiger partial charge in [0.25, 0.3) is 0 Å². The van der Waals surface area contributed by atoms with E-state index in [1.807, 2.05) is 0 Å². The molecule has 14 heteroatoms. The Hall–Kier alpha value is -1.01. The maximum Gasteiger partial charge on any atom is 0.307 e. The lowest BCUT2D eigenvalue weighted by Gasteiger charge is -2.09. The third-order valence-corrected chi connectivity index (χ3v) is 7.66. The number of ether oxygens (including phenoxy) is 13. The average Bonchev–Trinajstić information content (AvgIpc) is 3.17. The minimum Gasteiger partial charge on any atom is -0.469 e. The normalized spacial score (nSPS) is 11.5. The quantitative estimate of drug-likeness (QED) is 0.0602. The third kappa shape index (κ3) is 49.0. The lowest BCUT2D eigenvalue weighted by Crippen LogP contribution is -2.15. The maximum absolute atomic E-state index is 10.9. The van der Waals surface area contributed by atoms with Gasteiger partial charge in [0.1, 0.15) is 0 Å². The molecule has 0 aromatic heterocycles. The van der Waals surface area contributed by atoms with Gasteiger partial charge in [-0.15, -0.1) is 0 Å². The molecule has 0 aliphatic rings. The number of rotatable bonds is 48. The molecule has 0 aromatic rings. The van der Waals surface area contributed by atoms with Crippen LogP contribution in [0.3, 0.4) is 0 Å². The van der Waals surface area contributed by atoms with Crippen LogP contribution in [0.4, 0.5) is 0 Å². The number of hydrogen-bond acceptors (Lipinski definition) is 14. The van der Waals surface area contributed by atoms with Crippen LogP contribution in [0, 0.1) is 0 Å². The van der Waals surface area contributed by atoms with E-state index in [1.165, 1.54) is 71.3 Å². The van der Waals surface area contributed by atoms with Crippen LogP contribution in [0.15, 0.2) is 0 Å². The van der Waals surface area contributed by atoms with Crippen molar-refractivity contribution in [3.8, 4) is 0 Å². The lowest BCUT2D eigenvalue weighted by molar-refractivity contribution is -0.141. The van der Waals surface area contributed by atoms with E-state index in [1.54, 1.807) is 0 Å². The molecule has 0 fully saturated rings. The summed E-state index contributed by atoms with van der Waals surface area (Å²) in [6.07, 6.45) is 15.1. The van der Waals surface area contributed by atoms with Crippen LogP contribution in [0.5, 0.6) is 0 Å². The molecule has 0 bridgehead atoms. The van der Waals surface area contributed by atoms with Crippen molar-refractivity contribution >= 4 is 5.97 Å². The van der Waals surface area contributed by atoms with E-state index in [2.05, 4.69) is 11.7 Å². The highest BCUT2D eigenvalue weighted by Crippen LogP contribution is 2.11. The first-order valence-electron chi connectivity index (χ1n) is 20.3. The molecule has 0 saturated heterocycles. The molecule has 0 saturated carbocycles. The number of methoxy groups -OCH3 is 1. The standard InChI is InChI=1S/C39H78O14/c1-3-4-5-6-7-8-9-10-11-12-13-15-42-17-19-44-21-23-46-25-27-48-29-31-50-33-35-52-37-38-53-36-34-51-32-30-49-28-26-47-24-22-45-20-18-43-16-14-39(40)41-2/h3-38H2,1-2H3. The Morgan fingerprint density at radius 3 is 0.736 bits per heavy atom. The summed E-state index contributed by atoms with van der Waals surface area (Å²) in [5, 5.41) is 0. The van der Waals surface area contributed by atoms with Gasteiger partial charge in [0.2, 0.25) is 0 Å². The Balaban J connectivity index is 3.06. The Morgan fingerprint density at radius 1 is 0.283 bits per heavy atom. The van der Waals surface area contributed by atoms with E-state index in [-0.39, 0.29) is 12.4 Å². The predicted molar refractivity (Wildman–Crippen MR) is 203 cm³/mol. The van der Waals surface area contributed by atoms with Crippen LogP contribution in [0.1, 0.15) is 84.0 Å². The number of carbonyl (C=O) groups is 1. The van der Waals surface area contributed by atoms with E-state index in [0.29, 0.717) is 152 Å². The van der Waals surface area contributed by atoms with Crippen molar-refractivity contribution in [3.05, 3.63) is 0 Å². The second-order valence-electron chi connectivity index (χ2n) is 12.2. The third-order valence-electron chi connectivity index (χ3n) is 7.66. The van der Waals surface area contributed by atoms with Crippen molar-refractivity contribution in [1.29, 1.82) is 0 Å². The summed E-state index contributed by atoms with van der Waals surface area (Å²) in [7, 11) is 1.35. The molecule has 0 radical (unpaired) electrons. The summed E-state index contributed by atoms with van der Waals surface area (Å²) in [6, 6.07) is 0. The molecule has 14 nitrogen and oxygen atoms in total. The van der Waals surface area contributed by atoms with Gasteiger partial charge in [0.05, 0.1) is 165 Å². The highest BCUT2D eigenvalue weighted by atomic mass is 16.6. The van der Waals surface area contributed by atoms with E-state index in [9.17, 15) is 4.79 Å².